The molecule has 0 saturated heterocycles. The van der Waals surface area contributed by atoms with Crippen molar-refractivity contribution in [3.05, 3.63) is 0 Å². The average Bonchev–Trinajstić information content (AvgIpc) is 2.49. The summed E-state index contributed by atoms with van der Waals surface area (Å²) in [7, 11) is 0. The number of unbranched alkanes of at least 4 members (excludes halogenated alkanes) is 8. The van der Waals surface area contributed by atoms with Gasteiger partial charge in [0.2, 0.25) is 5.91 Å². The van der Waals surface area contributed by atoms with Crippen molar-refractivity contribution >= 4 is 63.3 Å². The van der Waals surface area contributed by atoms with Gasteiger partial charge in [-0.15, -0.1) is 0 Å². The van der Waals surface area contributed by atoms with Crippen LogP contribution in [0.5, 0.6) is 0 Å². The van der Waals surface area contributed by atoms with Crippen molar-refractivity contribution in [3.8, 4) is 6.07 Å². The van der Waals surface area contributed by atoms with Crippen LogP contribution in [0.2, 0.25) is 0 Å². The molecule has 0 heterocycles. The van der Waals surface area contributed by atoms with Gasteiger partial charge in [0, 0.05) is 13.0 Å². The minimum atomic E-state index is -1.03. The number of hydrogen-bond acceptors (Lipinski definition) is 3. The van der Waals surface area contributed by atoms with E-state index in [9.17, 15) is 9.59 Å². The van der Waals surface area contributed by atoms with Crippen molar-refractivity contribution in [1.29, 1.82) is 5.26 Å². The number of amides is 1. The zero-order chi connectivity index (χ0) is 16.6. The van der Waals surface area contributed by atoms with E-state index < -0.39 is 5.97 Å². The predicted molar refractivity (Wildman–Crippen MR) is 93.4 cm³/mol. The summed E-state index contributed by atoms with van der Waals surface area (Å²) in [5.41, 5.74) is 0. The van der Waals surface area contributed by atoms with Crippen molar-refractivity contribution in [2.24, 2.45) is 0 Å². The molecule has 0 fully saturated rings. The molecule has 0 saturated carbocycles. The summed E-state index contributed by atoms with van der Waals surface area (Å²) in [5.74, 6) is -1.18. The van der Waals surface area contributed by atoms with Gasteiger partial charge < -0.3 is 10.0 Å². The third kappa shape index (κ3) is 16.7. The Morgan fingerprint density at radius 1 is 1.00 bits per heavy atom. The Morgan fingerprint density at radius 2 is 1.52 bits per heavy atom. The number of rotatable bonds is 14. The molecule has 6 heteroatoms. The minimum absolute atomic E-state index is 0. The second kappa shape index (κ2) is 18.4. The van der Waals surface area contributed by atoms with Crippen LogP contribution in [-0.4, -0.2) is 86.4 Å². The van der Waals surface area contributed by atoms with Crippen LogP contribution in [0.15, 0.2) is 0 Å². The zero-order valence-corrected chi connectivity index (χ0v) is 13.9. The second-order valence-corrected chi connectivity index (χ2v) is 5.70. The number of carbonyl (C=O) groups is 2. The molecule has 0 atom stereocenters. The molecule has 0 spiro atoms. The molecule has 5 nitrogen and oxygen atoms in total. The van der Waals surface area contributed by atoms with Gasteiger partial charge in [0.1, 0.15) is 6.54 Å². The number of nitrogens with zero attached hydrogens (tertiary/aromatic N) is 2. The summed E-state index contributed by atoms with van der Waals surface area (Å²) in [5, 5.41) is 17.3. The molecule has 0 aliphatic carbocycles. The van der Waals surface area contributed by atoms with Gasteiger partial charge in [-0.2, -0.15) is 5.26 Å². The quantitative estimate of drug-likeness (QED) is 0.385. The number of carboxylic acid groups (broad SMARTS) is 1. The first-order chi connectivity index (χ1) is 10.6. The number of aliphatic carboxylic acids is 1. The van der Waals surface area contributed by atoms with Crippen molar-refractivity contribution < 1.29 is 14.7 Å². The van der Waals surface area contributed by atoms with E-state index in [0.717, 1.165) is 19.3 Å². The number of nitriles is 1. The monoisotopic (exact) mass is 350 g/mol. The number of carbonyl (C=O) groups excluding carboxylic acids is 1. The summed E-state index contributed by atoms with van der Waals surface area (Å²) in [6, 6.07) is 1.94. The van der Waals surface area contributed by atoms with Gasteiger partial charge >= 0.3 is 57.4 Å². The van der Waals surface area contributed by atoms with Crippen LogP contribution in [-0.2, 0) is 9.59 Å². The van der Waals surface area contributed by atoms with Gasteiger partial charge in [-0.1, -0.05) is 58.3 Å². The van der Waals surface area contributed by atoms with Gasteiger partial charge in [0.25, 0.3) is 0 Å². The van der Waals surface area contributed by atoms with Gasteiger partial charge in [-0.25, -0.2) is 0 Å². The van der Waals surface area contributed by atoms with E-state index in [1.54, 1.807) is 0 Å². The van der Waals surface area contributed by atoms with E-state index in [1.165, 1.54) is 43.4 Å². The molecule has 0 aliphatic heterocycles. The van der Waals surface area contributed by atoms with E-state index >= 15 is 0 Å². The molecule has 128 valence electrons. The van der Waals surface area contributed by atoms with Crippen molar-refractivity contribution in [2.45, 2.75) is 77.6 Å². The van der Waals surface area contributed by atoms with Crippen molar-refractivity contribution in [1.82, 2.24) is 4.90 Å². The normalized spacial score (nSPS) is 9.74. The van der Waals surface area contributed by atoms with E-state index in [4.69, 9.17) is 10.4 Å². The Kier molecular flexibility index (Phi) is 20.3. The van der Waals surface area contributed by atoms with Gasteiger partial charge in [-0.05, 0) is 6.42 Å². The van der Waals surface area contributed by atoms with Crippen LogP contribution < -0.4 is 0 Å². The number of carboxylic acids is 1. The summed E-state index contributed by atoms with van der Waals surface area (Å²) in [6.45, 7) is 2.11. The molecule has 0 rings (SSSR count). The third-order valence-corrected chi connectivity index (χ3v) is 3.67. The van der Waals surface area contributed by atoms with Crippen LogP contribution >= 0.6 is 0 Å². The van der Waals surface area contributed by atoms with Crippen LogP contribution in [0.4, 0.5) is 0 Å². The molecule has 0 aliphatic rings. The fourth-order valence-corrected chi connectivity index (χ4v) is 2.39. The van der Waals surface area contributed by atoms with Crippen molar-refractivity contribution in [3.63, 3.8) is 0 Å². The fourth-order valence-electron chi connectivity index (χ4n) is 2.39. The molecule has 0 bridgehead atoms. The van der Waals surface area contributed by atoms with Gasteiger partial charge in [-0.3, -0.25) is 9.59 Å². The van der Waals surface area contributed by atoms with Gasteiger partial charge in [0.15, 0.2) is 0 Å². The van der Waals surface area contributed by atoms with Crippen LogP contribution in [0, 0.1) is 11.3 Å². The van der Waals surface area contributed by atoms with Crippen LogP contribution in [0.1, 0.15) is 77.6 Å². The molecular weight excluding hydrogens is 319 g/mol. The standard InChI is InChI=1S/C17H30N2O3.K.H/c1-2-3-4-5-6-7-8-9-10-12-16(20)19(14-11-13-18)15-17(21)22;;/h2-12,14-15H2,1H3,(H,21,22);;. The zero-order valence-electron chi connectivity index (χ0n) is 13.9. The fraction of sp³-hybridized carbons (Fsp3) is 0.824. The molecule has 0 aromatic heterocycles. The summed E-state index contributed by atoms with van der Waals surface area (Å²) >= 11 is 0. The van der Waals surface area contributed by atoms with Crippen LogP contribution in [0.3, 0.4) is 0 Å². The van der Waals surface area contributed by atoms with E-state index in [2.05, 4.69) is 6.92 Å². The molecular formula is C17H31KN2O3. The first-order valence-electron chi connectivity index (χ1n) is 8.48. The molecule has 1 amide bonds. The summed E-state index contributed by atoms with van der Waals surface area (Å²) in [6.07, 6.45) is 11.2. The second-order valence-electron chi connectivity index (χ2n) is 5.70. The maximum absolute atomic E-state index is 11.9. The summed E-state index contributed by atoms with van der Waals surface area (Å²) < 4.78 is 0. The Hall–Kier alpha value is 0.0664. The van der Waals surface area contributed by atoms with E-state index in [-0.39, 0.29) is 76.8 Å². The topological polar surface area (TPSA) is 81.4 Å². The SMILES string of the molecule is CCCCCCCCCCCC(=O)N(CCC#N)CC(=O)O.[KH]. The molecule has 0 radical (unpaired) electrons. The molecule has 0 unspecified atom stereocenters. The van der Waals surface area contributed by atoms with Crippen molar-refractivity contribution in [2.75, 3.05) is 13.1 Å². The Labute approximate surface area is 183 Å². The number of hydrogen-bond donors (Lipinski definition) is 1. The third-order valence-electron chi connectivity index (χ3n) is 3.67. The molecule has 0 aromatic carbocycles. The van der Waals surface area contributed by atoms with E-state index in [0.29, 0.717) is 6.42 Å². The molecule has 0 aromatic rings. The summed E-state index contributed by atoms with van der Waals surface area (Å²) in [4.78, 5) is 23.9. The Bertz CT molecular complexity index is 356. The maximum atomic E-state index is 11.9. The first-order valence-corrected chi connectivity index (χ1v) is 8.48. The molecule has 23 heavy (non-hydrogen) atoms. The van der Waals surface area contributed by atoms with E-state index in [1.807, 2.05) is 6.07 Å². The van der Waals surface area contributed by atoms with Gasteiger partial charge in [0.05, 0.1) is 12.5 Å². The van der Waals surface area contributed by atoms with Crippen LogP contribution in [0.25, 0.3) is 0 Å². The molecule has 1 N–H and O–H groups in total. The Morgan fingerprint density at radius 3 is 2.00 bits per heavy atom. The predicted octanol–water partition coefficient (Wildman–Crippen LogP) is 3.09. The first kappa shape index (κ1) is 25.3. The Balaban J connectivity index is 0. The average molecular weight is 351 g/mol.